The molecule has 0 saturated carbocycles. The van der Waals surface area contributed by atoms with Crippen LogP contribution >= 0.6 is 47.4 Å². The number of methoxy groups -OCH3 is 1. The quantitative estimate of drug-likeness (QED) is 0.297. The van der Waals surface area contributed by atoms with Crippen LogP contribution in [0, 0.1) is 0 Å². The SMILES string of the molecule is COc1cccc(CNCCCSc2nnnn2C)c1OCc1ccc(Cl)cc1Cl.Cl. The summed E-state index contributed by atoms with van der Waals surface area (Å²) in [6.45, 7) is 1.85. The summed E-state index contributed by atoms with van der Waals surface area (Å²) in [6, 6.07) is 11.2. The molecule has 168 valence electrons. The van der Waals surface area contributed by atoms with Gasteiger partial charge in [-0.15, -0.1) is 17.5 Å². The highest BCUT2D eigenvalue weighted by Gasteiger charge is 2.12. The molecular formula is C20H24Cl3N5O2S. The molecule has 31 heavy (non-hydrogen) atoms. The number of hydrogen-bond acceptors (Lipinski definition) is 7. The Morgan fingerprint density at radius 3 is 2.71 bits per heavy atom. The first-order valence-corrected chi connectivity index (χ1v) is 11.1. The van der Waals surface area contributed by atoms with Gasteiger partial charge in [0.25, 0.3) is 0 Å². The highest BCUT2D eigenvalue weighted by Crippen LogP contribution is 2.32. The molecule has 3 rings (SSSR count). The fraction of sp³-hybridized carbons (Fsp3) is 0.350. The maximum atomic E-state index is 6.26. The van der Waals surface area contributed by atoms with Gasteiger partial charge in [-0.3, -0.25) is 0 Å². The number of hydrogen-bond donors (Lipinski definition) is 1. The normalized spacial score (nSPS) is 10.6. The molecule has 1 aromatic heterocycles. The zero-order valence-corrected chi connectivity index (χ0v) is 20.3. The first-order chi connectivity index (χ1) is 14.6. The molecule has 0 amide bonds. The van der Waals surface area contributed by atoms with Gasteiger partial charge >= 0.3 is 0 Å². The van der Waals surface area contributed by atoms with Gasteiger partial charge in [-0.1, -0.05) is 53.2 Å². The number of rotatable bonds is 11. The van der Waals surface area contributed by atoms with E-state index < -0.39 is 0 Å². The summed E-state index contributed by atoms with van der Waals surface area (Å²) < 4.78 is 13.2. The van der Waals surface area contributed by atoms with Gasteiger partial charge in [-0.05, 0) is 41.6 Å². The molecule has 11 heteroatoms. The van der Waals surface area contributed by atoms with E-state index >= 15 is 0 Å². The van der Waals surface area contributed by atoms with E-state index in [-0.39, 0.29) is 12.4 Å². The Kier molecular flexibility index (Phi) is 10.7. The Hall–Kier alpha value is -1.71. The molecule has 2 aromatic carbocycles. The smallest absolute Gasteiger partial charge is 0.209 e. The predicted octanol–water partition coefficient (Wildman–Crippen LogP) is 4.80. The summed E-state index contributed by atoms with van der Waals surface area (Å²) in [6.07, 6.45) is 0.984. The second-order valence-electron chi connectivity index (χ2n) is 6.44. The van der Waals surface area contributed by atoms with Crippen molar-refractivity contribution in [3.63, 3.8) is 0 Å². The third kappa shape index (κ3) is 7.43. The Labute approximate surface area is 202 Å². The number of para-hydroxylation sites is 1. The number of thioether (sulfide) groups is 1. The molecule has 0 spiro atoms. The average molecular weight is 505 g/mol. The maximum absolute atomic E-state index is 6.26. The van der Waals surface area contributed by atoms with Gasteiger partial charge in [0.15, 0.2) is 11.5 Å². The van der Waals surface area contributed by atoms with E-state index in [1.807, 2.05) is 31.3 Å². The molecule has 1 heterocycles. The second-order valence-corrected chi connectivity index (χ2v) is 8.34. The number of tetrazole rings is 1. The molecule has 0 radical (unpaired) electrons. The van der Waals surface area contributed by atoms with Crippen molar-refractivity contribution in [3.05, 3.63) is 57.6 Å². The molecule has 1 N–H and O–H groups in total. The lowest BCUT2D eigenvalue weighted by molar-refractivity contribution is 0.280. The molecule has 7 nitrogen and oxygen atoms in total. The Bertz CT molecular complexity index is 974. The van der Waals surface area contributed by atoms with Crippen LogP contribution < -0.4 is 14.8 Å². The molecule has 0 aliphatic carbocycles. The van der Waals surface area contributed by atoms with Crippen molar-refractivity contribution in [1.82, 2.24) is 25.5 Å². The number of nitrogens with zero attached hydrogens (tertiary/aromatic N) is 4. The van der Waals surface area contributed by atoms with Crippen LogP contribution in [0.2, 0.25) is 10.0 Å². The number of ether oxygens (including phenoxy) is 2. The van der Waals surface area contributed by atoms with Gasteiger partial charge in [-0.2, -0.15) is 0 Å². The van der Waals surface area contributed by atoms with Gasteiger partial charge in [0.05, 0.1) is 7.11 Å². The Balaban J connectivity index is 0.00000341. The third-order valence-electron chi connectivity index (χ3n) is 4.29. The topological polar surface area (TPSA) is 74.1 Å². The number of halogens is 3. The van der Waals surface area contributed by atoms with Crippen LogP contribution in [0.4, 0.5) is 0 Å². The fourth-order valence-electron chi connectivity index (χ4n) is 2.74. The van der Waals surface area contributed by atoms with E-state index in [0.717, 1.165) is 35.0 Å². The van der Waals surface area contributed by atoms with E-state index in [9.17, 15) is 0 Å². The Morgan fingerprint density at radius 1 is 1.16 bits per heavy atom. The first-order valence-electron chi connectivity index (χ1n) is 9.37. The molecule has 0 aliphatic heterocycles. The molecule has 0 saturated heterocycles. The van der Waals surface area contributed by atoms with Crippen LogP contribution in [-0.4, -0.2) is 39.6 Å². The van der Waals surface area contributed by atoms with Crippen LogP contribution in [-0.2, 0) is 20.2 Å². The molecule has 0 aliphatic rings. The molecule has 0 unspecified atom stereocenters. The van der Waals surface area contributed by atoms with Crippen LogP contribution in [0.5, 0.6) is 11.5 Å². The van der Waals surface area contributed by atoms with E-state index in [4.69, 9.17) is 32.7 Å². The standard InChI is InChI=1S/C20H23Cl2N5O2S.ClH/c1-27-20(24-25-26-27)30-10-4-9-23-12-14-5-3-6-18(28-2)19(14)29-13-15-7-8-16(21)11-17(15)22;/h3,5-8,11,23H,4,9-10,12-13H2,1-2H3;1H. The summed E-state index contributed by atoms with van der Waals surface area (Å²) in [5.74, 6) is 2.32. The van der Waals surface area contributed by atoms with E-state index in [1.54, 1.807) is 35.7 Å². The molecule has 3 aromatic rings. The predicted molar refractivity (Wildman–Crippen MR) is 127 cm³/mol. The van der Waals surface area contributed by atoms with E-state index in [0.29, 0.717) is 34.7 Å². The lowest BCUT2D eigenvalue weighted by atomic mass is 10.1. The minimum atomic E-state index is 0. The summed E-state index contributed by atoms with van der Waals surface area (Å²) in [5, 5.41) is 16.9. The number of aromatic nitrogens is 4. The van der Waals surface area contributed by atoms with Gasteiger partial charge < -0.3 is 14.8 Å². The van der Waals surface area contributed by atoms with E-state index in [1.165, 1.54) is 0 Å². The van der Waals surface area contributed by atoms with Crippen LogP contribution in [0.1, 0.15) is 17.5 Å². The van der Waals surface area contributed by atoms with Crippen LogP contribution in [0.3, 0.4) is 0 Å². The summed E-state index contributed by atoms with van der Waals surface area (Å²) in [5.41, 5.74) is 1.88. The lowest BCUT2D eigenvalue weighted by Crippen LogP contribution is -2.16. The van der Waals surface area contributed by atoms with Crippen molar-refractivity contribution in [3.8, 4) is 11.5 Å². The Morgan fingerprint density at radius 2 is 2.00 bits per heavy atom. The molecule has 0 atom stereocenters. The zero-order chi connectivity index (χ0) is 21.3. The highest BCUT2D eigenvalue weighted by molar-refractivity contribution is 7.99. The number of nitrogens with one attached hydrogen (secondary N) is 1. The van der Waals surface area contributed by atoms with Crippen molar-refractivity contribution in [2.45, 2.75) is 24.7 Å². The average Bonchev–Trinajstić information content (AvgIpc) is 3.15. The van der Waals surface area contributed by atoms with Gasteiger partial charge in [0.1, 0.15) is 6.61 Å². The van der Waals surface area contributed by atoms with Crippen molar-refractivity contribution >= 4 is 47.4 Å². The van der Waals surface area contributed by atoms with Crippen molar-refractivity contribution in [2.75, 3.05) is 19.4 Å². The van der Waals surface area contributed by atoms with Crippen molar-refractivity contribution in [1.29, 1.82) is 0 Å². The zero-order valence-electron chi connectivity index (χ0n) is 17.2. The molecule has 0 bridgehead atoms. The fourth-order valence-corrected chi connectivity index (χ4v) is 3.99. The summed E-state index contributed by atoms with van der Waals surface area (Å²) in [4.78, 5) is 0. The summed E-state index contributed by atoms with van der Waals surface area (Å²) in [7, 11) is 3.47. The third-order valence-corrected chi connectivity index (χ3v) is 5.98. The number of benzene rings is 2. The highest BCUT2D eigenvalue weighted by atomic mass is 35.5. The number of aryl methyl sites for hydroxylation is 1. The van der Waals surface area contributed by atoms with Crippen LogP contribution in [0.15, 0.2) is 41.6 Å². The second kappa shape index (κ2) is 13.0. The van der Waals surface area contributed by atoms with Crippen molar-refractivity contribution in [2.24, 2.45) is 7.05 Å². The molecule has 0 fully saturated rings. The van der Waals surface area contributed by atoms with Gasteiger partial charge in [0.2, 0.25) is 5.16 Å². The largest absolute Gasteiger partial charge is 0.493 e. The molecular weight excluding hydrogens is 481 g/mol. The van der Waals surface area contributed by atoms with Gasteiger partial charge in [-0.25, -0.2) is 4.68 Å². The van der Waals surface area contributed by atoms with Gasteiger partial charge in [0, 0.05) is 40.5 Å². The lowest BCUT2D eigenvalue weighted by Gasteiger charge is -2.16. The summed E-state index contributed by atoms with van der Waals surface area (Å²) >= 11 is 13.9. The first kappa shape index (κ1) is 25.5. The monoisotopic (exact) mass is 503 g/mol. The minimum absolute atomic E-state index is 0. The van der Waals surface area contributed by atoms with Crippen LogP contribution in [0.25, 0.3) is 0 Å². The minimum Gasteiger partial charge on any atom is -0.493 e. The van der Waals surface area contributed by atoms with Crippen molar-refractivity contribution < 1.29 is 9.47 Å². The van der Waals surface area contributed by atoms with E-state index in [2.05, 4.69) is 20.8 Å². The maximum Gasteiger partial charge on any atom is 0.209 e.